The van der Waals surface area contributed by atoms with Crippen molar-refractivity contribution in [2.45, 2.75) is 0 Å². The summed E-state index contributed by atoms with van der Waals surface area (Å²) in [7, 11) is 0. The first kappa shape index (κ1) is 18.7. The number of Topliss-reactive ketones (excluding diaryl/α,β-unsaturated/α-hetero) is 1. The molecule has 2 aliphatic rings. The van der Waals surface area contributed by atoms with Gasteiger partial charge in [0.1, 0.15) is 11.3 Å². The van der Waals surface area contributed by atoms with E-state index in [0.717, 1.165) is 45.8 Å². The van der Waals surface area contributed by atoms with E-state index in [9.17, 15) is 9.59 Å². The van der Waals surface area contributed by atoms with Crippen molar-refractivity contribution in [1.29, 1.82) is 0 Å². The highest BCUT2D eigenvalue weighted by Gasteiger charge is 2.29. The maximum atomic E-state index is 12.4. The molecule has 2 N–H and O–H groups in total. The van der Waals surface area contributed by atoms with E-state index in [0.29, 0.717) is 17.9 Å². The number of piperazine rings is 1. The van der Waals surface area contributed by atoms with Crippen LogP contribution in [-0.4, -0.2) is 85.6 Å². The zero-order valence-electron chi connectivity index (χ0n) is 14.8. The van der Waals surface area contributed by atoms with E-state index in [1.54, 1.807) is 30.3 Å². The second-order valence-corrected chi connectivity index (χ2v) is 6.44. The van der Waals surface area contributed by atoms with Crippen LogP contribution in [0.3, 0.4) is 0 Å². The number of carbonyl (C=O) groups is 2. The number of nitrogens with one attached hydrogen (secondary N) is 1. The van der Waals surface area contributed by atoms with E-state index in [4.69, 9.17) is 9.84 Å². The third-order valence-electron chi connectivity index (χ3n) is 4.74. The molecule has 1 saturated heterocycles. The Kier molecular flexibility index (Phi) is 6.51. The van der Waals surface area contributed by atoms with Crippen LogP contribution in [0.5, 0.6) is 5.75 Å². The molecule has 0 amide bonds. The topological polar surface area (TPSA) is 82.1 Å². The van der Waals surface area contributed by atoms with Crippen LogP contribution < -0.4 is 10.1 Å². The second-order valence-electron chi connectivity index (χ2n) is 6.44. The molecule has 0 spiro atoms. The van der Waals surface area contributed by atoms with Gasteiger partial charge in [-0.1, -0.05) is 18.2 Å². The summed E-state index contributed by atoms with van der Waals surface area (Å²) in [6.07, 6.45) is 1.61. The number of hydrogen-bond acceptors (Lipinski definition) is 7. The number of aliphatic hydroxyl groups excluding tert-OH is 1. The summed E-state index contributed by atoms with van der Waals surface area (Å²) in [6, 6.07) is 6.79. The number of ether oxygens (including phenoxy) is 1. The van der Waals surface area contributed by atoms with Crippen molar-refractivity contribution in [2.24, 2.45) is 0 Å². The van der Waals surface area contributed by atoms with Gasteiger partial charge in [-0.2, -0.15) is 0 Å². The highest BCUT2D eigenvalue weighted by Crippen LogP contribution is 2.27. The lowest BCUT2D eigenvalue weighted by Crippen LogP contribution is -2.48. The SMILES string of the molecule is O=C1Oc2ccccc2C(=O)/C1=C/CNCCN1CCN(CCO)CC1. The standard InChI is InChI=1S/C19H25N3O4/c23-14-13-22-11-9-21(10-12-22)8-7-20-6-5-16-18(24)15-3-1-2-4-17(15)26-19(16)25/h1-5,20,23H,6-14H2/b16-5-. The third kappa shape index (κ3) is 4.56. The lowest BCUT2D eigenvalue weighted by atomic mass is 9.99. The molecule has 1 aromatic carbocycles. The van der Waals surface area contributed by atoms with Gasteiger partial charge in [0, 0.05) is 52.4 Å². The molecular formula is C19H25N3O4. The van der Waals surface area contributed by atoms with E-state index in [1.165, 1.54) is 0 Å². The molecule has 0 saturated carbocycles. The van der Waals surface area contributed by atoms with Gasteiger partial charge >= 0.3 is 5.97 Å². The van der Waals surface area contributed by atoms with Gasteiger partial charge in [0.05, 0.1) is 12.2 Å². The molecule has 2 heterocycles. The molecule has 0 unspecified atom stereocenters. The van der Waals surface area contributed by atoms with Crippen molar-refractivity contribution >= 4 is 11.8 Å². The van der Waals surface area contributed by atoms with Crippen molar-refractivity contribution in [3.63, 3.8) is 0 Å². The predicted molar refractivity (Wildman–Crippen MR) is 97.3 cm³/mol. The van der Waals surface area contributed by atoms with Crippen molar-refractivity contribution in [2.75, 3.05) is 59.0 Å². The minimum absolute atomic E-state index is 0.0915. The zero-order chi connectivity index (χ0) is 18.4. The van der Waals surface area contributed by atoms with Crippen LogP contribution in [0.4, 0.5) is 0 Å². The number of aliphatic hydroxyl groups is 1. The summed E-state index contributed by atoms with van der Waals surface area (Å²) in [6.45, 7) is 7.03. The molecule has 0 aromatic heterocycles. The van der Waals surface area contributed by atoms with E-state index in [1.807, 2.05) is 0 Å². The Hall–Kier alpha value is -2.06. The van der Waals surface area contributed by atoms with Gasteiger partial charge < -0.3 is 15.2 Å². The first-order chi connectivity index (χ1) is 12.7. The molecule has 26 heavy (non-hydrogen) atoms. The zero-order valence-corrected chi connectivity index (χ0v) is 14.8. The van der Waals surface area contributed by atoms with Crippen molar-refractivity contribution in [3.05, 3.63) is 41.5 Å². The van der Waals surface area contributed by atoms with E-state index in [2.05, 4.69) is 15.1 Å². The summed E-state index contributed by atoms with van der Waals surface area (Å²) in [5, 5.41) is 12.2. The molecule has 3 rings (SSSR count). The molecule has 1 fully saturated rings. The van der Waals surface area contributed by atoms with E-state index >= 15 is 0 Å². The highest BCUT2D eigenvalue weighted by atomic mass is 16.5. The van der Waals surface area contributed by atoms with Crippen molar-refractivity contribution in [1.82, 2.24) is 15.1 Å². The predicted octanol–water partition coefficient (Wildman–Crippen LogP) is -0.0858. The van der Waals surface area contributed by atoms with Crippen LogP contribution in [0.15, 0.2) is 35.9 Å². The number of para-hydroxylation sites is 1. The quantitative estimate of drug-likeness (QED) is 0.232. The molecule has 0 atom stereocenters. The van der Waals surface area contributed by atoms with Gasteiger partial charge in [0.15, 0.2) is 0 Å². The average molecular weight is 359 g/mol. The molecule has 7 nitrogen and oxygen atoms in total. The minimum atomic E-state index is -0.587. The van der Waals surface area contributed by atoms with Crippen LogP contribution in [0.25, 0.3) is 0 Å². The molecule has 0 bridgehead atoms. The molecule has 1 aromatic rings. The Morgan fingerprint density at radius 2 is 1.77 bits per heavy atom. The summed E-state index contributed by atoms with van der Waals surface area (Å²) >= 11 is 0. The maximum absolute atomic E-state index is 12.4. The number of hydrogen-bond donors (Lipinski definition) is 2. The van der Waals surface area contributed by atoms with Crippen LogP contribution in [0, 0.1) is 0 Å². The fourth-order valence-corrected chi connectivity index (χ4v) is 3.20. The third-order valence-corrected chi connectivity index (χ3v) is 4.74. The van der Waals surface area contributed by atoms with Gasteiger partial charge in [0.25, 0.3) is 0 Å². The summed E-state index contributed by atoms with van der Waals surface area (Å²) in [5.41, 5.74) is 0.521. The molecule has 0 aliphatic carbocycles. The Morgan fingerprint density at radius 1 is 1.08 bits per heavy atom. The average Bonchev–Trinajstić information content (AvgIpc) is 2.65. The molecule has 2 aliphatic heterocycles. The maximum Gasteiger partial charge on any atom is 0.347 e. The fraction of sp³-hybridized carbons (Fsp3) is 0.474. The van der Waals surface area contributed by atoms with E-state index < -0.39 is 5.97 Å². The lowest BCUT2D eigenvalue weighted by molar-refractivity contribution is -0.130. The molecule has 7 heteroatoms. The first-order valence-corrected chi connectivity index (χ1v) is 9.01. The highest BCUT2D eigenvalue weighted by molar-refractivity contribution is 6.27. The van der Waals surface area contributed by atoms with Crippen LogP contribution in [0.2, 0.25) is 0 Å². The number of nitrogens with zero attached hydrogens (tertiary/aromatic N) is 2. The Morgan fingerprint density at radius 3 is 2.50 bits per heavy atom. The largest absolute Gasteiger partial charge is 0.422 e. The second kappa shape index (κ2) is 9.05. The number of esters is 1. The Labute approximate surface area is 153 Å². The van der Waals surface area contributed by atoms with Crippen LogP contribution in [0.1, 0.15) is 10.4 Å². The summed E-state index contributed by atoms with van der Waals surface area (Å²) in [5.74, 6) is -0.540. The summed E-state index contributed by atoms with van der Waals surface area (Å²) in [4.78, 5) is 29.0. The first-order valence-electron chi connectivity index (χ1n) is 9.01. The molecule has 0 radical (unpaired) electrons. The van der Waals surface area contributed by atoms with Gasteiger partial charge in [-0.3, -0.25) is 14.6 Å². The Balaban J connectivity index is 1.42. The number of ketones is 1. The van der Waals surface area contributed by atoms with Gasteiger partial charge in [-0.25, -0.2) is 4.79 Å². The van der Waals surface area contributed by atoms with Gasteiger partial charge in [0.2, 0.25) is 5.78 Å². The fourth-order valence-electron chi connectivity index (χ4n) is 3.20. The number of benzene rings is 1. The monoisotopic (exact) mass is 359 g/mol. The molecule has 140 valence electrons. The normalized spacial score (nSPS) is 20.3. The number of rotatable bonds is 7. The summed E-state index contributed by atoms with van der Waals surface area (Å²) < 4.78 is 5.21. The molecular weight excluding hydrogens is 334 g/mol. The van der Waals surface area contributed by atoms with Gasteiger partial charge in [-0.15, -0.1) is 0 Å². The van der Waals surface area contributed by atoms with Gasteiger partial charge in [-0.05, 0) is 12.1 Å². The van der Waals surface area contributed by atoms with E-state index in [-0.39, 0.29) is 18.0 Å². The minimum Gasteiger partial charge on any atom is -0.422 e. The number of β-amino-alcohol motifs (C(OH)–C–C–N with tert-alkyl or cyclic N) is 1. The Bertz CT molecular complexity index is 681. The van der Waals surface area contributed by atoms with Crippen molar-refractivity contribution < 1.29 is 19.4 Å². The lowest BCUT2D eigenvalue weighted by Gasteiger charge is -2.34. The van der Waals surface area contributed by atoms with Crippen molar-refractivity contribution in [3.8, 4) is 5.75 Å². The number of carbonyl (C=O) groups excluding carboxylic acids is 2. The smallest absolute Gasteiger partial charge is 0.347 e. The van der Waals surface area contributed by atoms with Crippen LogP contribution in [-0.2, 0) is 4.79 Å². The number of fused-ring (bicyclic) bond motifs is 1. The van der Waals surface area contributed by atoms with Crippen LogP contribution >= 0.6 is 0 Å².